The van der Waals surface area contributed by atoms with E-state index in [0.29, 0.717) is 17.9 Å². The molecule has 0 saturated heterocycles. The maximum atomic E-state index is 12.2. The summed E-state index contributed by atoms with van der Waals surface area (Å²) in [5.41, 5.74) is 0.945. The van der Waals surface area contributed by atoms with Gasteiger partial charge in [-0.1, -0.05) is 0 Å². The normalized spacial score (nSPS) is 10.6. The fourth-order valence-electron chi connectivity index (χ4n) is 1.91. The summed E-state index contributed by atoms with van der Waals surface area (Å²) in [6, 6.07) is 6.18. The van der Waals surface area contributed by atoms with Crippen molar-refractivity contribution >= 4 is 11.9 Å². The van der Waals surface area contributed by atoms with E-state index in [1.165, 1.54) is 18.3 Å². The third-order valence-corrected chi connectivity index (χ3v) is 2.88. The van der Waals surface area contributed by atoms with Gasteiger partial charge in [-0.25, -0.2) is 23.5 Å². The monoisotopic (exact) mass is 323 g/mol. The molecule has 0 saturated carbocycles. The van der Waals surface area contributed by atoms with Crippen molar-refractivity contribution in [3.8, 4) is 17.0 Å². The SMILES string of the molecule is CCOc1ccc(-c2ccnc(NCC(F)F)n2)cc1C(=O)O. The molecule has 0 fully saturated rings. The molecule has 0 radical (unpaired) electrons. The van der Waals surface area contributed by atoms with Gasteiger partial charge in [0.2, 0.25) is 5.95 Å². The molecule has 23 heavy (non-hydrogen) atoms. The summed E-state index contributed by atoms with van der Waals surface area (Å²) in [6.45, 7) is 1.53. The number of carboxylic acid groups (broad SMARTS) is 1. The number of aromatic nitrogens is 2. The maximum absolute atomic E-state index is 12.2. The zero-order chi connectivity index (χ0) is 16.8. The first-order chi connectivity index (χ1) is 11.0. The van der Waals surface area contributed by atoms with E-state index in [2.05, 4.69) is 15.3 Å². The lowest BCUT2D eigenvalue weighted by atomic mass is 10.1. The Hall–Kier alpha value is -2.77. The number of benzene rings is 1. The number of halogens is 2. The van der Waals surface area contributed by atoms with Gasteiger partial charge in [0.05, 0.1) is 18.8 Å². The van der Waals surface area contributed by atoms with Gasteiger partial charge in [-0.3, -0.25) is 0 Å². The van der Waals surface area contributed by atoms with E-state index in [4.69, 9.17) is 4.74 Å². The number of carboxylic acids is 1. The van der Waals surface area contributed by atoms with Crippen molar-refractivity contribution in [1.29, 1.82) is 0 Å². The van der Waals surface area contributed by atoms with Gasteiger partial charge >= 0.3 is 5.97 Å². The summed E-state index contributed by atoms with van der Waals surface area (Å²) >= 11 is 0. The molecule has 0 spiro atoms. The second kappa shape index (κ2) is 7.48. The lowest BCUT2D eigenvalue weighted by Crippen LogP contribution is -2.12. The van der Waals surface area contributed by atoms with Crippen LogP contribution in [0, 0.1) is 0 Å². The van der Waals surface area contributed by atoms with Crippen LogP contribution in [0.3, 0.4) is 0 Å². The number of nitrogens with one attached hydrogen (secondary N) is 1. The number of rotatable bonds is 7. The van der Waals surface area contributed by atoms with Crippen LogP contribution in [0.5, 0.6) is 5.75 Å². The van der Waals surface area contributed by atoms with E-state index in [1.54, 1.807) is 19.1 Å². The molecule has 0 amide bonds. The van der Waals surface area contributed by atoms with E-state index in [-0.39, 0.29) is 17.3 Å². The molecule has 0 bridgehead atoms. The number of hydrogen-bond acceptors (Lipinski definition) is 5. The Morgan fingerprint density at radius 3 is 2.83 bits per heavy atom. The Kier molecular flexibility index (Phi) is 5.40. The first-order valence-electron chi connectivity index (χ1n) is 6.86. The summed E-state index contributed by atoms with van der Waals surface area (Å²) < 4.78 is 29.7. The Labute approximate surface area is 131 Å². The first kappa shape index (κ1) is 16.6. The van der Waals surface area contributed by atoms with E-state index in [1.807, 2.05) is 0 Å². The van der Waals surface area contributed by atoms with Crippen molar-refractivity contribution in [3.63, 3.8) is 0 Å². The zero-order valence-corrected chi connectivity index (χ0v) is 12.3. The number of nitrogens with zero attached hydrogens (tertiary/aromatic N) is 2. The number of ether oxygens (including phenoxy) is 1. The van der Waals surface area contributed by atoms with Gasteiger partial charge in [-0.15, -0.1) is 0 Å². The largest absolute Gasteiger partial charge is 0.493 e. The van der Waals surface area contributed by atoms with Crippen molar-refractivity contribution in [2.24, 2.45) is 0 Å². The quantitative estimate of drug-likeness (QED) is 0.815. The van der Waals surface area contributed by atoms with Crippen LogP contribution in [-0.2, 0) is 0 Å². The van der Waals surface area contributed by atoms with Crippen LogP contribution in [0.1, 0.15) is 17.3 Å². The third kappa shape index (κ3) is 4.35. The second-order valence-corrected chi connectivity index (χ2v) is 4.49. The minimum atomic E-state index is -2.52. The summed E-state index contributed by atoms with van der Waals surface area (Å²) in [5.74, 6) is -0.817. The molecule has 2 rings (SSSR count). The summed E-state index contributed by atoms with van der Waals surface area (Å²) in [7, 11) is 0. The number of carbonyl (C=O) groups is 1. The van der Waals surface area contributed by atoms with Crippen molar-refractivity contribution in [1.82, 2.24) is 9.97 Å². The molecule has 8 heteroatoms. The molecule has 1 aromatic carbocycles. The summed E-state index contributed by atoms with van der Waals surface area (Å²) in [6.07, 6.45) is -1.11. The first-order valence-corrected chi connectivity index (χ1v) is 6.86. The Morgan fingerprint density at radius 1 is 1.39 bits per heavy atom. The standard InChI is InChI=1S/C15H15F2N3O3/c1-2-23-12-4-3-9(7-10(12)14(21)22)11-5-6-18-15(20-11)19-8-13(16)17/h3-7,13H,2,8H2,1H3,(H,21,22)(H,18,19,20). The molecular formula is C15H15F2N3O3. The highest BCUT2D eigenvalue weighted by Crippen LogP contribution is 2.26. The molecule has 6 nitrogen and oxygen atoms in total. The Bertz CT molecular complexity index is 695. The molecule has 0 atom stereocenters. The highest BCUT2D eigenvalue weighted by molar-refractivity contribution is 5.92. The van der Waals surface area contributed by atoms with Crippen LogP contribution in [0.4, 0.5) is 14.7 Å². The fourth-order valence-corrected chi connectivity index (χ4v) is 1.91. The maximum Gasteiger partial charge on any atom is 0.339 e. The molecule has 0 aliphatic heterocycles. The minimum absolute atomic E-state index is 0.00468. The summed E-state index contributed by atoms with van der Waals surface area (Å²) in [5, 5.41) is 11.7. The van der Waals surface area contributed by atoms with Crippen LogP contribution < -0.4 is 10.1 Å². The lowest BCUT2D eigenvalue weighted by molar-refractivity contribution is 0.0692. The number of aromatic carboxylic acids is 1. The summed E-state index contributed by atoms with van der Waals surface area (Å²) in [4.78, 5) is 19.3. The molecule has 0 aliphatic carbocycles. The van der Waals surface area contributed by atoms with Gasteiger partial charge in [0.25, 0.3) is 6.43 Å². The van der Waals surface area contributed by atoms with Crippen molar-refractivity contribution in [3.05, 3.63) is 36.0 Å². The highest BCUT2D eigenvalue weighted by atomic mass is 19.3. The molecule has 122 valence electrons. The van der Waals surface area contributed by atoms with Crippen LogP contribution in [0.25, 0.3) is 11.3 Å². The second-order valence-electron chi connectivity index (χ2n) is 4.49. The van der Waals surface area contributed by atoms with Gasteiger partial charge in [0.1, 0.15) is 11.3 Å². The molecule has 0 unspecified atom stereocenters. The van der Waals surface area contributed by atoms with Gasteiger partial charge < -0.3 is 15.2 Å². The van der Waals surface area contributed by atoms with E-state index < -0.39 is 18.9 Å². The average Bonchev–Trinajstić information content (AvgIpc) is 2.53. The number of alkyl halides is 2. The fraction of sp³-hybridized carbons (Fsp3) is 0.267. The predicted octanol–water partition coefficient (Wildman–Crippen LogP) is 2.92. The zero-order valence-electron chi connectivity index (χ0n) is 12.3. The third-order valence-electron chi connectivity index (χ3n) is 2.88. The molecule has 2 aromatic rings. The topological polar surface area (TPSA) is 84.3 Å². The van der Waals surface area contributed by atoms with Gasteiger partial charge in [-0.05, 0) is 31.2 Å². The van der Waals surface area contributed by atoms with Crippen LogP contribution in [0.15, 0.2) is 30.5 Å². The number of hydrogen-bond donors (Lipinski definition) is 2. The lowest BCUT2D eigenvalue weighted by Gasteiger charge is -2.10. The van der Waals surface area contributed by atoms with Crippen molar-refractivity contribution in [2.75, 3.05) is 18.5 Å². The molecular weight excluding hydrogens is 308 g/mol. The van der Waals surface area contributed by atoms with Crippen LogP contribution in [-0.4, -0.2) is 40.6 Å². The van der Waals surface area contributed by atoms with Crippen LogP contribution in [0.2, 0.25) is 0 Å². The van der Waals surface area contributed by atoms with Gasteiger partial charge in [0, 0.05) is 11.8 Å². The Balaban J connectivity index is 2.32. The highest BCUT2D eigenvalue weighted by Gasteiger charge is 2.14. The number of anilines is 1. The minimum Gasteiger partial charge on any atom is -0.493 e. The molecule has 2 N–H and O–H groups in total. The molecule has 0 aliphatic rings. The molecule has 1 heterocycles. The van der Waals surface area contributed by atoms with Gasteiger partial charge in [-0.2, -0.15) is 0 Å². The van der Waals surface area contributed by atoms with Gasteiger partial charge in [0.15, 0.2) is 0 Å². The average molecular weight is 323 g/mol. The van der Waals surface area contributed by atoms with Crippen molar-refractivity contribution < 1.29 is 23.4 Å². The Morgan fingerprint density at radius 2 is 2.17 bits per heavy atom. The van der Waals surface area contributed by atoms with E-state index in [9.17, 15) is 18.7 Å². The molecule has 1 aromatic heterocycles. The predicted molar refractivity (Wildman–Crippen MR) is 80.1 cm³/mol. The van der Waals surface area contributed by atoms with E-state index >= 15 is 0 Å². The van der Waals surface area contributed by atoms with Crippen LogP contribution >= 0.6 is 0 Å². The smallest absolute Gasteiger partial charge is 0.339 e. The van der Waals surface area contributed by atoms with Crippen molar-refractivity contribution in [2.45, 2.75) is 13.3 Å². The van der Waals surface area contributed by atoms with E-state index in [0.717, 1.165) is 0 Å².